The molecule has 1 fully saturated rings. The molecule has 1 unspecified atom stereocenters. The van der Waals surface area contributed by atoms with E-state index in [2.05, 4.69) is 26.6 Å². The second-order valence-electron chi connectivity index (χ2n) is 6.51. The highest BCUT2D eigenvalue weighted by Gasteiger charge is 2.23. The van der Waals surface area contributed by atoms with E-state index >= 15 is 0 Å². The first kappa shape index (κ1) is 19.5. The molecule has 8 heteroatoms. The van der Waals surface area contributed by atoms with Gasteiger partial charge in [-0.15, -0.1) is 0 Å². The number of amides is 2. The van der Waals surface area contributed by atoms with E-state index in [0.717, 1.165) is 19.0 Å². The second kappa shape index (κ2) is 8.65. The zero-order valence-corrected chi connectivity index (χ0v) is 16.0. The van der Waals surface area contributed by atoms with Crippen LogP contribution >= 0.6 is 15.9 Å². The van der Waals surface area contributed by atoms with Crippen molar-refractivity contribution in [1.29, 1.82) is 0 Å². The zero-order valence-electron chi connectivity index (χ0n) is 14.4. The van der Waals surface area contributed by atoms with Gasteiger partial charge in [0.25, 0.3) is 0 Å². The molecule has 1 saturated heterocycles. The van der Waals surface area contributed by atoms with Crippen LogP contribution in [0.5, 0.6) is 0 Å². The Kier molecular flexibility index (Phi) is 6.26. The topological polar surface area (TPSA) is 44.4 Å². The maximum Gasteiger partial charge on any atom is 0.315 e. The highest BCUT2D eigenvalue weighted by Crippen LogP contribution is 2.25. The zero-order chi connectivity index (χ0) is 19.4. The quantitative estimate of drug-likeness (QED) is 0.730. The van der Waals surface area contributed by atoms with Gasteiger partial charge < -0.3 is 15.5 Å². The van der Waals surface area contributed by atoms with Gasteiger partial charge in [-0.3, -0.25) is 0 Å². The molecule has 1 aliphatic rings. The van der Waals surface area contributed by atoms with Gasteiger partial charge >= 0.3 is 6.03 Å². The number of nitrogens with one attached hydrogen (secondary N) is 2. The molecule has 27 heavy (non-hydrogen) atoms. The number of hydrogen-bond donors (Lipinski definition) is 2. The number of rotatable bonds is 5. The predicted molar refractivity (Wildman–Crippen MR) is 101 cm³/mol. The maximum absolute atomic E-state index is 13.5. The van der Waals surface area contributed by atoms with E-state index in [1.54, 1.807) is 18.2 Å². The van der Waals surface area contributed by atoms with Crippen LogP contribution < -0.4 is 15.5 Å². The van der Waals surface area contributed by atoms with Crippen LogP contribution in [0.2, 0.25) is 0 Å². The third kappa shape index (κ3) is 5.15. The molecule has 4 nitrogen and oxygen atoms in total. The number of carbonyl (C=O) groups excluding carboxylic acids is 1. The minimum absolute atomic E-state index is 0.217. The van der Waals surface area contributed by atoms with Crippen LogP contribution in [0.25, 0.3) is 0 Å². The van der Waals surface area contributed by atoms with Crippen molar-refractivity contribution in [2.24, 2.45) is 5.92 Å². The van der Waals surface area contributed by atoms with Gasteiger partial charge in [0.05, 0.1) is 4.47 Å². The van der Waals surface area contributed by atoms with Crippen LogP contribution in [-0.4, -0.2) is 25.7 Å². The Morgan fingerprint density at radius 1 is 1.07 bits per heavy atom. The molecule has 0 radical (unpaired) electrons. The number of anilines is 1. The van der Waals surface area contributed by atoms with E-state index < -0.39 is 11.6 Å². The van der Waals surface area contributed by atoms with Gasteiger partial charge in [0, 0.05) is 37.9 Å². The molecule has 0 spiro atoms. The molecule has 1 heterocycles. The lowest BCUT2D eigenvalue weighted by molar-refractivity contribution is 0.239. The monoisotopic (exact) mass is 441 g/mol. The summed E-state index contributed by atoms with van der Waals surface area (Å²) in [5.41, 5.74) is 1.30. The van der Waals surface area contributed by atoms with Crippen molar-refractivity contribution in [3.05, 3.63) is 63.9 Å². The van der Waals surface area contributed by atoms with Crippen molar-refractivity contribution in [2.45, 2.75) is 13.0 Å². The Morgan fingerprint density at radius 3 is 2.63 bits per heavy atom. The molecule has 2 aromatic carbocycles. The van der Waals surface area contributed by atoms with E-state index in [1.165, 1.54) is 12.1 Å². The average molecular weight is 442 g/mol. The van der Waals surface area contributed by atoms with Crippen molar-refractivity contribution in [3.63, 3.8) is 0 Å². The summed E-state index contributed by atoms with van der Waals surface area (Å²) in [6.07, 6.45) is 0.844. The number of carbonyl (C=O) groups is 1. The van der Waals surface area contributed by atoms with Crippen molar-refractivity contribution in [3.8, 4) is 0 Å². The molecule has 2 amide bonds. The summed E-state index contributed by atoms with van der Waals surface area (Å²) in [6, 6.07) is 8.22. The number of urea groups is 1. The van der Waals surface area contributed by atoms with Gasteiger partial charge in [0.15, 0.2) is 11.6 Å². The first-order valence-corrected chi connectivity index (χ1v) is 9.37. The fourth-order valence-corrected chi connectivity index (χ4v) is 3.29. The molecule has 0 bridgehead atoms. The summed E-state index contributed by atoms with van der Waals surface area (Å²) in [4.78, 5) is 13.9. The van der Waals surface area contributed by atoms with E-state index in [9.17, 15) is 18.0 Å². The Morgan fingerprint density at radius 2 is 1.89 bits per heavy atom. The molecular weight excluding hydrogens is 423 g/mol. The minimum atomic E-state index is -0.863. The molecule has 1 atom stereocenters. The number of halogens is 4. The highest BCUT2D eigenvalue weighted by molar-refractivity contribution is 9.10. The largest absolute Gasteiger partial charge is 0.371 e. The lowest BCUT2D eigenvalue weighted by Gasteiger charge is -2.19. The molecular formula is C19H19BrF3N3O. The molecule has 2 N–H and O–H groups in total. The fourth-order valence-electron chi connectivity index (χ4n) is 3.05. The van der Waals surface area contributed by atoms with Gasteiger partial charge in [-0.1, -0.05) is 6.07 Å². The van der Waals surface area contributed by atoms with E-state index in [4.69, 9.17) is 0 Å². The van der Waals surface area contributed by atoms with E-state index in [1.807, 2.05) is 4.90 Å². The molecule has 0 aromatic heterocycles. The number of benzene rings is 2. The van der Waals surface area contributed by atoms with Crippen molar-refractivity contribution >= 4 is 27.6 Å². The number of hydrogen-bond acceptors (Lipinski definition) is 2. The lowest BCUT2D eigenvalue weighted by Crippen LogP contribution is -2.38. The minimum Gasteiger partial charge on any atom is -0.371 e. The summed E-state index contributed by atoms with van der Waals surface area (Å²) in [7, 11) is 0. The summed E-state index contributed by atoms with van der Waals surface area (Å²) >= 11 is 3.08. The number of nitrogens with zero attached hydrogens (tertiary/aromatic N) is 1. The van der Waals surface area contributed by atoms with Crippen LogP contribution in [0.15, 0.2) is 40.9 Å². The summed E-state index contributed by atoms with van der Waals surface area (Å²) in [5, 5.41) is 5.49. The van der Waals surface area contributed by atoms with Gasteiger partial charge in [0.1, 0.15) is 5.82 Å². The average Bonchev–Trinajstić information content (AvgIpc) is 3.12. The molecule has 2 aromatic rings. The van der Waals surface area contributed by atoms with Crippen molar-refractivity contribution < 1.29 is 18.0 Å². The van der Waals surface area contributed by atoms with Gasteiger partial charge in [-0.2, -0.15) is 0 Å². The summed E-state index contributed by atoms with van der Waals surface area (Å²) in [6.45, 7) is 2.07. The van der Waals surface area contributed by atoms with Crippen LogP contribution in [0.4, 0.5) is 23.7 Å². The Labute approximate surface area is 163 Å². The third-order valence-corrected chi connectivity index (χ3v) is 5.19. The van der Waals surface area contributed by atoms with Crippen LogP contribution in [0.1, 0.15) is 12.0 Å². The molecule has 144 valence electrons. The molecule has 0 saturated carbocycles. The molecule has 1 aliphatic heterocycles. The molecule has 3 rings (SSSR count). The van der Waals surface area contributed by atoms with E-state index in [0.29, 0.717) is 28.8 Å². The van der Waals surface area contributed by atoms with Crippen LogP contribution in [0, 0.1) is 23.4 Å². The normalized spacial score (nSPS) is 16.4. The SMILES string of the molecule is O=C(NCc1ccc(Br)c(F)c1)NCC1CCN(c2ccc(F)c(F)c2)C1. The fraction of sp³-hybridized carbons (Fsp3) is 0.316. The second-order valence-corrected chi connectivity index (χ2v) is 7.37. The van der Waals surface area contributed by atoms with Crippen LogP contribution in [-0.2, 0) is 6.54 Å². The van der Waals surface area contributed by atoms with Gasteiger partial charge in [-0.25, -0.2) is 18.0 Å². The smallest absolute Gasteiger partial charge is 0.315 e. The Bertz CT molecular complexity index is 834. The predicted octanol–water partition coefficient (Wildman–Crippen LogP) is 4.19. The van der Waals surface area contributed by atoms with Crippen molar-refractivity contribution in [2.75, 3.05) is 24.5 Å². The standard InChI is InChI=1S/C19H19BrF3N3O/c20-15-3-1-12(7-17(15)22)9-24-19(27)25-10-13-5-6-26(11-13)14-2-4-16(21)18(23)8-14/h1-4,7-8,13H,5-6,9-11H2,(H2,24,25,27). The Balaban J connectivity index is 1.43. The first-order chi connectivity index (χ1) is 12.9. The molecule has 0 aliphatic carbocycles. The van der Waals surface area contributed by atoms with Gasteiger partial charge in [0.2, 0.25) is 0 Å². The van der Waals surface area contributed by atoms with Crippen molar-refractivity contribution in [1.82, 2.24) is 10.6 Å². The highest BCUT2D eigenvalue weighted by atomic mass is 79.9. The first-order valence-electron chi connectivity index (χ1n) is 8.58. The summed E-state index contributed by atoms with van der Waals surface area (Å²) in [5.74, 6) is -1.89. The lowest BCUT2D eigenvalue weighted by atomic mass is 10.1. The Hall–Kier alpha value is -2.22. The third-order valence-electron chi connectivity index (χ3n) is 4.54. The maximum atomic E-state index is 13.5. The van der Waals surface area contributed by atoms with Crippen LogP contribution in [0.3, 0.4) is 0 Å². The van der Waals surface area contributed by atoms with E-state index in [-0.39, 0.29) is 24.3 Å². The van der Waals surface area contributed by atoms with Gasteiger partial charge in [-0.05, 0) is 58.1 Å². The summed E-state index contributed by atoms with van der Waals surface area (Å²) < 4.78 is 40.2.